The Balaban J connectivity index is 2.37. The lowest BCUT2D eigenvalue weighted by Gasteiger charge is -2.32. The van der Waals surface area contributed by atoms with Gasteiger partial charge >= 0.3 is 0 Å². The van der Waals surface area contributed by atoms with Gasteiger partial charge < -0.3 is 10.3 Å². The van der Waals surface area contributed by atoms with E-state index in [9.17, 15) is 0 Å². The number of fused-ring (bicyclic) bond motifs is 3. The zero-order valence-corrected chi connectivity index (χ0v) is 9.22. The molecule has 0 saturated carbocycles. The van der Waals surface area contributed by atoms with Crippen LogP contribution in [0.5, 0.6) is 0 Å². The van der Waals surface area contributed by atoms with Gasteiger partial charge in [0.25, 0.3) is 0 Å². The van der Waals surface area contributed by atoms with Gasteiger partial charge in [0.2, 0.25) is 0 Å². The topological polar surface area (TPSA) is 27.8 Å². The maximum absolute atomic E-state index is 3.57. The second kappa shape index (κ2) is 2.86. The van der Waals surface area contributed by atoms with Crippen molar-refractivity contribution in [1.29, 1.82) is 0 Å². The normalized spacial score (nSPS) is 19.1. The van der Waals surface area contributed by atoms with Crippen LogP contribution in [0.3, 0.4) is 0 Å². The number of rotatable bonds is 0. The van der Waals surface area contributed by atoms with E-state index in [1.807, 2.05) is 0 Å². The second-order valence-corrected chi connectivity index (χ2v) is 4.83. The molecule has 2 heteroatoms. The van der Waals surface area contributed by atoms with Crippen LogP contribution in [0.1, 0.15) is 25.1 Å². The summed E-state index contributed by atoms with van der Waals surface area (Å²) in [4.78, 5) is 3.53. The third-order valence-corrected chi connectivity index (χ3v) is 3.35. The highest BCUT2D eigenvalue weighted by Crippen LogP contribution is 2.34. The molecule has 0 spiro atoms. The number of benzene rings is 1. The summed E-state index contributed by atoms with van der Waals surface area (Å²) in [6.07, 6.45) is 1.10. The van der Waals surface area contributed by atoms with Crippen molar-refractivity contribution in [2.75, 3.05) is 6.54 Å². The van der Waals surface area contributed by atoms with Crippen LogP contribution in [0.4, 0.5) is 0 Å². The zero-order chi connectivity index (χ0) is 10.5. The summed E-state index contributed by atoms with van der Waals surface area (Å²) in [5, 5.41) is 4.94. The van der Waals surface area contributed by atoms with E-state index in [0.717, 1.165) is 13.0 Å². The fraction of sp³-hybridized carbons (Fsp3) is 0.385. The molecule has 0 bridgehead atoms. The predicted molar refractivity (Wildman–Crippen MR) is 63.0 cm³/mol. The third kappa shape index (κ3) is 1.21. The molecule has 2 heterocycles. The van der Waals surface area contributed by atoms with Crippen molar-refractivity contribution in [3.05, 3.63) is 35.5 Å². The van der Waals surface area contributed by atoms with Crippen LogP contribution in [-0.4, -0.2) is 11.5 Å². The first-order valence-corrected chi connectivity index (χ1v) is 5.53. The van der Waals surface area contributed by atoms with E-state index in [1.54, 1.807) is 0 Å². The first-order valence-electron chi connectivity index (χ1n) is 5.53. The molecule has 0 saturated heterocycles. The Hall–Kier alpha value is -1.28. The summed E-state index contributed by atoms with van der Waals surface area (Å²) in [6, 6.07) is 8.56. The number of nitrogens with one attached hydrogen (secondary N) is 2. The number of para-hydroxylation sites is 1. The Kier molecular flexibility index (Phi) is 1.71. The number of aromatic nitrogens is 1. The summed E-state index contributed by atoms with van der Waals surface area (Å²) in [5.74, 6) is 0. The second-order valence-electron chi connectivity index (χ2n) is 4.83. The van der Waals surface area contributed by atoms with Crippen molar-refractivity contribution >= 4 is 10.9 Å². The van der Waals surface area contributed by atoms with Crippen LogP contribution in [0.25, 0.3) is 10.9 Å². The van der Waals surface area contributed by atoms with Gasteiger partial charge in [-0.15, -0.1) is 0 Å². The maximum Gasteiger partial charge on any atom is 0.0459 e. The molecule has 0 radical (unpaired) electrons. The minimum atomic E-state index is 0.0905. The SMILES string of the molecule is CC1(C)NCCc2[nH]c3ccccc3c21. The van der Waals surface area contributed by atoms with E-state index in [4.69, 9.17) is 0 Å². The molecule has 1 aromatic carbocycles. The molecule has 2 N–H and O–H groups in total. The zero-order valence-electron chi connectivity index (χ0n) is 9.22. The van der Waals surface area contributed by atoms with Crippen molar-refractivity contribution < 1.29 is 0 Å². The van der Waals surface area contributed by atoms with Gasteiger partial charge in [0.15, 0.2) is 0 Å². The van der Waals surface area contributed by atoms with E-state index < -0.39 is 0 Å². The molecule has 0 aliphatic carbocycles. The summed E-state index contributed by atoms with van der Waals surface area (Å²) < 4.78 is 0. The summed E-state index contributed by atoms with van der Waals surface area (Å²) >= 11 is 0. The molecule has 3 rings (SSSR count). The Labute approximate surface area is 89.7 Å². The van der Waals surface area contributed by atoms with Gasteiger partial charge in [-0.3, -0.25) is 0 Å². The quantitative estimate of drug-likeness (QED) is 0.672. The van der Waals surface area contributed by atoms with Gasteiger partial charge in [0, 0.05) is 40.7 Å². The van der Waals surface area contributed by atoms with E-state index in [2.05, 4.69) is 48.4 Å². The largest absolute Gasteiger partial charge is 0.358 e. The number of H-pyrrole nitrogens is 1. The van der Waals surface area contributed by atoms with Crippen LogP contribution in [-0.2, 0) is 12.0 Å². The molecule has 1 aliphatic rings. The highest BCUT2D eigenvalue weighted by atomic mass is 15.0. The molecular weight excluding hydrogens is 184 g/mol. The molecule has 0 unspecified atom stereocenters. The molecule has 1 aromatic heterocycles. The van der Waals surface area contributed by atoms with Crippen LogP contribution in [0.2, 0.25) is 0 Å². The fourth-order valence-electron chi connectivity index (χ4n) is 2.69. The van der Waals surface area contributed by atoms with Gasteiger partial charge in [-0.2, -0.15) is 0 Å². The molecule has 15 heavy (non-hydrogen) atoms. The fourth-order valence-corrected chi connectivity index (χ4v) is 2.69. The molecule has 1 aliphatic heterocycles. The Morgan fingerprint density at radius 2 is 2.00 bits per heavy atom. The van der Waals surface area contributed by atoms with Crippen molar-refractivity contribution in [2.24, 2.45) is 0 Å². The monoisotopic (exact) mass is 200 g/mol. The molecule has 0 amide bonds. The Morgan fingerprint density at radius 1 is 1.20 bits per heavy atom. The van der Waals surface area contributed by atoms with Gasteiger partial charge in [-0.1, -0.05) is 18.2 Å². The summed E-state index contributed by atoms with van der Waals surface area (Å²) in [6.45, 7) is 5.57. The highest BCUT2D eigenvalue weighted by Gasteiger charge is 2.29. The standard InChI is InChI=1S/C13H16N2/c1-13(2)12-9-5-3-4-6-10(9)15-11(12)7-8-14-13/h3-6,14-15H,7-8H2,1-2H3. The number of hydrogen-bond acceptors (Lipinski definition) is 1. The van der Waals surface area contributed by atoms with Gasteiger partial charge in [-0.05, 0) is 19.9 Å². The van der Waals surface area contributed by atoms with Crippen LogP contribution in [0.15, 0.2) is 24.3 Å². The number of aromatic amines is 1. The lowest BCUT2D eigenvalue weighted by molar-refractivity contribution is 0.384. The van der Waals surface area contributed by atoms with E-state index in [-0.39, 0.29) is 5.54 Å². The smallest absolute Gasteiger partial charge is 0.0459 e. The first kappa shape index (κ1) is 8.98. The average molecular weight is 200 g/mol. The first-order chi connectivity index (χ1) is 7.18. The predicted octanol–water partition coefficient (Wildman–Crippen LogP) is 2.55. The van der Waals surface area contributed by atoms with Crippen LogP contribution in [0, 0.1) is 0 Å². The minimum absolute atomic E-state index is 0.0905. The molecule has 0 fully saturated rings. The molecule has 2 aromatic rings. The highest BCUT2D eigenvalue weighted by molar-refractivity contribution is 5.86. The van der Waals surface area contributed by atoms with Gasteiger partial charge in [-0.25, -0.2) is 0 Å². The van der Waals surface area contributed by atoms with E-state index in [0.29, 0.717) is 0 Å². The Bertz CT molecular complexity index is 508. The molecule has 78 valence electrons. The van der Waals surface area contributed by atoms with Crippen molar-refractivity contribution in [1.82, 2.24) is 10.3 Å². The van der Waals surface area contributed by atoms with E-state index >= 15 is 0 Å². The van der Waals surface area contributed by atoms with Gasteiger partial charge in [0.05, 0.1) is 0 Å². The van der Waals surface area contributed by atoms with Crippen molar-refractivity contribution in [2.45, 2.75) is 25.8 Å². The summed E-state index contributed by atoms with van der Waals surface area (Å²) in [7, 11) is 0. The van der Waals surface area contributed by atoms with Crippen LogP contribution < -0.4 is 5.32 Å². The third-order valence-electron chi connectivity index (χ3n) is 3.35. The maximum atomic E-state index is 3.57. The van der Waals surface area contributed by atoms with Gasteiger partial charge in [0.1, 0.15) is 0 Å². The van der Waals surface area contributed by atoms with Crippen molar-refractivity contribution in [3.8, 4) is 0 Å². The Morgan fingerprint density at radius 3 is 2.87 bits per heavy atom. The summed E-state index contributed by atoms with van der Waals surface area (Å²) in [5.41, 5.74) is 4.20. The minimum Gasteiger partial charge on any atom is -0.358 e. The molecular formula is C13H16N2. The number of hydrogen-bond donors (Lipinski definition) is 2. The lowest BCUT2D eigenvalue weighted by Crippen LogP contribution is -2.42. The van der Waals surface area contributed by atoms with Crippen molar-refractivity contribution in [3.63, 3.8) is 0 Å². The molecule has 0 atom stereocenters. The van der Waals surface area contributed by atoms with E-state index in [1.165, 1.54) is 22.2 Å². The van der Waals surface area contributed by atoms with Crippen LogP contribution >= 0.6 is 0 Å². The lowest BCUT2D eigenvalue weighted by atomic mass is 9.87. The average Bonchev–Trinajstić information content (AvgIpc) is 2.56. The molecule has 2 nitrogen and oxygen atoms in total.